The van der Waals surface area contributed by atoms with Gasteiger partial charge in [-0.05, 0) is 38.1 Å². The zero-order valence-corrected chi connectivity index (χ0v) is 14.0. The summed E-state index contributed by atoms with van der Waals surface area (Å²) in [7, 11) is 1.61. The van der Waals surface area contributed by atoms with Gasteiger partial charge in [-0.25, -0.2) is 0 Å². The average Bonchev–Trinajstić information content (AvgIpc) is 3.15. The molecule has 126 valence electrons. The zero-order chi connectivity index (χ0) is 16.8. The van der Waals surface area contributed by atoms with Crippen molar-refractivity contribution in [3.05, 3.63) is 59.7 Å². The summed E-state index contributed by atoms with van der Waals surface area (Å²) in [5.74, 6) is 1.24. The number of hydrogen-bond acceptors (Lipinski definition) is 4. The van der Waals surface area contributed by atoms with Crippen molar-refractivity contribution in [1.29, 1.82) is 0 Å². The predicted molar refractivity (Wildman–Crippen MR) is 94.0 cm³/mol. The van der Waals surface area contributed by atoms with Gasteiger partial charge in [0.25, 0.3) is 0 Å². The number of ether oxygens (including phenoxy) is 2. The van der Waals surface area contributed by atoms with Gasteiger partial charge in [0.2, 0.25) is 0 Å². The molecule has 0 amide bonds. The normalized spacial score (nSPS) is 14.5. The van der Waals surface area contributed by atoms with Crippen molar-refractivity contribution in [3.63, 3.8) is 0 Å². The molecule has 1 fully saturated rings. The summed E-state index contributed by atoms with van der Waals surface area (Å²) < 4.78 is 11.2. The lowest BCUT2D eigenvalue weighted by atomic mass is 10.0. The molecule has 0 saturated carbocycles. The number of ketones is 1. The highest BCUT2D eigenvalue weighted by atomic mass is 16.5. The third-order valence-corrected chi connectivity index (χ3v) is 4.33. The molecule has 4 heteroatoms. The fraction of sp³-hybridized carbons (Fsp3) is 0.350. The quantitative estimate of drug-likeness (QED) is 0.731. The van der Waals surface area contributed by atoms with E-state index in [-0.39, 0.29) is 5.78 Å². The van der Waals surface area contributed by atoms with Crippen molar-refractivity contribution in [2.45, 2.75) is 12.8 Å². The van der Waals surface area contributed by atoms with Gasteiger partial charge in [-0.2, -0.15) is 0 Å². The van der Waals surface area contributed by atoms with E-state index in [1.54, 1.807) is 25.3 Å². The van der Waals surface area contributed by atoms with Gasteiger partial charge in [0.05, 0.1) is 12.7 Å². The Morgan fingerprint density at radius 2 is 1.83 bits per heavy atom. The summed E-state index contributed by atoms with van der Waals surface area (Å²) in [5.41, 5.74) is 1.23. The van der Waals surface area contributed by atoms with Crippen LogP contribution in [0, 0.1) is 0 Å². The molecule has 3 rings (SSSR count). The largest absolute Gasteiger partial charge is 0.497 e. The monoisotopic (exact) mass is 325 g/mol. The number of likely N-dealkylation sites (tertiary alicyclic amines) is 1. The van der Waals surface area contributed by atoms with Gasteiger partial charge in [-0.15, -0.1) is 0 Å². The minimum Gasteiger partial charge on any atom is -0.497 e. The molecule has 24 heavy (non-hydrogen) atoms. The molecule has 1 aliphatic rings. The molecule has 4 nitrogen and oxygen atoms in total. The molecule has 0 unspecified atom stereocenters. The summed E-state index contributed by atoms with van der Waals surface area (Å²) in [4.78, 5) is 15.1. The Labute approximate surface area is 143 Å². The first-order chi connectivity index (χ1) is 11.8. The Bertz CT molecular complexity index is 679. The van der Waals surface area contributed by atoms with E-state index < -0.39 is 0 Å². The summed E-state index contributed by atoms with van der Waals surface area (Å²) in [6, 6.07) is 14.6. The molecule has 0 radical (unpaired) electrons. The van der Waals surface area contributed by atoms with Crippen LogP contribution in [-0.4, -0.2) is 44.0 Å². The summed E-state index contributed by atoms with van der Waals surface area (Å²) in [6.45, 7) is 3.73. The Kier molecular flexibility index (Phi) is 5.49. The summed E-state index contributed by atoms with van der Waals surface area (Å²) >= 11 is 0. The van der Waals surface area contributed by atoms with Crippen LogP contribution in [0.3, 0.4) is 0 Å². The smallest absolute Gasteiger partial charge is 0.196 e. The molecule has 1 saturated heterocycles. The van der Waals surface area contributed by atoms with Crippen LogP contribution in [-0.2, 0) is 0 Å². The van der Waals surface area contributed by atoms with Crippen LogP contribution in [0.2, 0.25) is 0 Å². The fourth-order valence-electron chi connectivity index (χ4n) is 2.97. The Morgan fingerprint density at radius 1 is 1.08 bits per heavy atom. The Hall–Kier alpha value is -2.33. The van der Waals surface area contributed by atoms with Crippen molar-refractivity contribution in [3.8, 4) is 11.5 Å². The van der Waals surface area contributed by atoms with E-state index in [2.05, 4.69) is 4.90 Å². The van der Waals surface area contributed by atoms with E-state index in [0.29, 0.717) is 29.2 Å². The molecule has 1 heterocycles. The topological polar surface area (TPSA) is 38.8 Å². The minimum atomic E-state index is -0.0329. The van der Waals surface area contributed by atoms with E-state index in [9.17, 15) is 4.79 Å². The third-order valence-electron chi connectivity index (χ3n) is 4.33. The second kappa shape index (κ2) is 7.97. The van der Waals surface area contributed by atoms with E-state index in [4.69, 9.17) is 9.47 Å². The first-order valence-corrected chi connectivity index (χ1v) is 8.41. The lowest BCUT2D eigenvalue weighted by Gasteiger charge is -2.17. The van der Waals surface area contributed by atoms with Crippen molar-refractivity contribution in [2.75, 3.05) is 33.4 Å². The van der Waals surface area contributed by atoms with Crippen LogP contribution < -0.4 is 9.47 Å². The van der Waals surface area contributed by atoms with Gasteiger partial charge >= 0.3 is 0 Å². The second-order valence-corrected chi connectivity index (χ2v) is 5.95. The third kappa shape index (κ3) is 3.95. The highest BCUT2D eigenvalue weighted by Gasteiger charge is 2.17. The van der Waals surface area contributed by atoms with Gasteiger partial charge < -0.3 is 9.47 Å². The maximum absolute atomic E-state index is 12.8. The molecular weight excluding hydrogens is 302 g/mol. The molecule has 0 atom stereocenters. The van der Waals surface area contributed by atoms with E-state index >= 15 is 0 Å². The lowest BCUT2D eigenvalue weighted by molar-refractivity contribution is 0.103. The number of carbonyl (C=O) groups is 1. The number of rotatable bonds is 7. The fourth-order valence-corrected chi connectivity index (χ4v) is 2.97. The molecule has 1 aliphatic heterocycles. The van der Waals surface area contributed by atoms with Gasteiger partial charge in [0.15, 0.2) is 5.78 Å². The van der Waals surface area contributed by atoms with Crippen molar-refractivity contribution >= 4 is 5.78 Å². The summed E-state index contributed by atoms with van der Waals surface area (Å²) in [6.07, 6.45) is 2.52. The first-order valence-electron chi connectivity index (χ1n) is 8.41. The van der Waals surface area contributed by atoms with Gasteiger partial charge in [-0.3, -0.25) is 9.69 Å². The second-order valence-electron chi connectivity index (χ2n) is 5.95. The predicted octanol–water partition coefficient (Wildman–Crippen LogP) is 3.40. The Morgan fingerprint density at radius 3 is 2.54 bits per heavy atom. The molecule has 0 aromatic heterocycles. The number of nitrogens with zero attached hydrogens (tertiary/aromatic N) is 1. The Balaban J connectivity index is 1.76. The molecule has 0 aliphatic carbocycles. The molecule has 0 spiro atoms. The minimum absolute atomic E-state index is 0.0329. The number of methoxy groups -OCH3 is 1. The van der Waals surface area contributed by atoms with Crippen LogP contribution in [0.1, 0.15) is 28.8 Å². The molecule has 0 N–H and O–H groups in total. The molecule has 2 aromatic carbocycles. The van der Waals surface area contributed by atoms with Crippen molar-refractivity contribution in [1.82, 2.24) is 4.90 Å². The average molecular weight is 325 g/mol. The van der Waals surface area contributed by atoms with Crippen molar-refractivity contribution in [2.24, 2.45) is 0 Å². The van der Waals surface area contributed by atoms with E-state index in [0.717, 1.165) is 19.6 Å². The lowest BCUT2D eigenvalue weighted by Crippen LogP contribution is -2.25. The highest BCUT2D eigenvalue weighted by molar-refractivity contribution is 6.10. The summed E-state index contributed by atoms with van der Waals surface area (Å²) in [5, 5.41) is 0. The molecule has 2 aromatic rings. The van der Waals surface area contributed by atoms with E-state index in [1.165, 1.54) is 12.8 Å². The standard InChI is InChI=1S/C20H23NO3/c1-23-17-9-10-18(20(22)16-7-3-2-4-8-16)19(15-17)24-14-13-21-11-5-6-12-21/h2-4,7-10,15H,5-6,11-14H2,1H3. The maximum atomic E-state index is 12.8. The highest BCUT2D eigenvalue weighted by Crippen LogP contribution is 2.27. The van der Waals surface area contributed by atoms with Gasteiger partial charge in [-0.1, -0.05) is 30.3 Å². The molecule has 0 bridgehead atoms. The van der Waals surface area contributed by atoms with Crippen LogP contribution in [0.15, 0.2) is 48.5 Å². The van der Waals surface area contributed by atoms with E-state index in [1.807, 2.05) is 30.3 Å². The van der Waals surface area contributed by atoms with Crippen LogP contribution in [0.25, 0.3) is 0 Å². The number of hydrogen-bond donors (Lipinski definition) is 0. The first kappa shape index (κ1) is 16.5. The van der Waals surface area contributed by atoms with Crippen molar-refractivity contribution < 1.29 is 14.3 Å². The number of benzene rings is 2. The van der Waals surface area contributed by atoms with Gasteiger partial charge in [0.1, 0.15) is 18.1 Å². The van der Waals surface area contributed by atoms with Gasteiger partial charge in [0, 0.05) is 18.2 Å². The van der Waals surface area contributed by atoms with Crippen LogP contribution in [0.4, 0.5) is 0 Å². The number of carbonyl (C=O) groups excluding carboxylic acids is 1. The van der Waals surface area contributed by atoms with Crippen LogP contribution in [0.5, 0.6) is 11.5 Å². The maximum Gasteiger partial charge on any atom is 0.196 e. The SMILES string of the molecule is COc1ccc(C(=O)c2ccccc2)c(OCCN2CCCC2)c1. The molecular formula is C20H23NO3. The van der Waals surface area contributed by atoms with Crippen LogP contribution >= 0.6 is 0 Å². The zero-order valence-electron chi connectivity index (χ0n) is 14.0.